The number of amides is 1. The molecule has 1 aromatic heterocycles. The molecule has 2 aromatic carbocycles. The van der Waals surface area contributed by atoms with Gasteiger partial charge in [0.15, 0.2) is 0 Å². The molecule has 0 spiro atoms. The number of hydrogen-bond acceptors (Lipinski definition) is 4. The zero-order valence-electron chi connectivity index (χ0n) is 11.3. The van der Waals surface area contributed by atoms with Crippen LogP contribution in [-0.4, -0.2) is 11.1 Å². The number of rotatable bonds is 2. The molecule has 0 aliphatic heterocycles. The second-order valence-corrected chi connectivity index (χ2v) is 5.00. The third-order valence-corrected chi connectivity index (χ3v) is 3.35. The van der Waals surface area contributed by atoms with Gasteiger partial charge in [0.05, 0.1) is 0 Å². The maximum Gasteiger partial charge on any atom is 0.268 e. The molecule has 0 aliphatic rings. The number of benzene rings is 2. The molecular formula is C16H11ClN2O3. The summed E-state index contributed by atoms with van der Waals surface area (Å²) in [6.07, 6.45) is 0. The summed E-state index contributed by atoms with van der Waals surface area (Å²) in [5.74, 6) is -0.440. The van der Waals surface area contributed by atoms with Crippen molar-refractivity contribution in [1.82, 2.24) is 0 Å². The lowest BCUT2D eigenvalue weighted by Crippen LogP contribution is -2.21. The SMILES string of the molecule is O=C(Nc1ccc(Cl)cc1)c1cc2ccccc2o/c1=N/O. The van der Waals surface area contributed by atoms with Gasteiger partial charge >= 0.3 is 0 Å². The summed E-state index contributed by atoms with van der Waals surface area (Å²) in [6.45, 7) is 0. The van der Waals surface area contributed by atoms with Crippen molar-refractivity contribution in [3.8, 4) is 0 Å². The smallest absolute Gasteiger partial charge is 0.268 e. The second-order valence-electron chi connectivity index (χ2n) is 4.56. The molecule has 22 heavy (non-hydrogen) atoms. The highest BCUT2D eigenvalue weighted by Gasteiger charge is 2.13. The Hall–Kier alpha value is -2.79. The number of nitrogens with one attached hydrogen (secondary N) is 1. The first kappa shape index (κ1) is 14.2. The van der Waals surface area contributed by atoms with Crippen LogP contribution in [0.25, 0.3) is 11.0 Å². The summed E-state index contributed by atoms with van der Waals surface area (Å²) in [5.41, 5.74) is 1.09. The maximum atomic E-state index is 12.3. The van der Waals surface area contributed by atoms with Crippen LogP contribution < -0.4 is 10.9 Å². The van der Waals surface area contributed by atoms with Gasteiger partial charge in [0, 0.05) is 16.1 Å². The molecule has 3 aromatic rings. The van der Waals surface area contributed by atoms with Gasteiger partial charge in [-0.15, -0.1) is 0 Å². The first-order chi connectivity index (χ1) is 10.7. The van der Waals surface area contributed by atoms with Crippen molar-refractivity contribution in [2.45, 2.75) is 0 Å². The molecule has 0 saturated heterocycles. The van der Waals surface area contributed by atoms with Crippen molar-refractivity contribution in [1.29, 1.82) is 0 Å². The number of carbonyl (C=O) groups is 1. The second kappa shape index (κ2) is 5.91. The van der Waals surface area contributed by atoms with Crippen LogP contribution in [0.3, 0.4) is 0 Å². The van der Waals surface area contributed by atoms with Crippen LogP contribution in [0.15, 0.2) is 64.2 Å². The molecule has 0 bridgehead atoms. The summed E-state index contributed by atoms with van der Waals surface area (Å²) in [6, 6.07) is 15.4. The summed E-state index contributed by atoms with van der Waals surface area (Å²) < 4.78 is 5.42. The average molecular weight is 315 g/mol. The molecule has 6 heteroatoms. The predicted octanol–water partition coefficient (Wildman–Crippen LogP) is 3.63. The molecule has 1 amide bonds. The van der Waals surface area contributed by atoms with Crippen LogP contribution >= 0.6 is 11.6 Å². The number of para-hydroxylation sites is 1. The predicted molar refractivity (Wildman–Crippen MR) is 83.0 cm³/mol. The molecule has 0 atom stereocenters. The zero-order chi connectivity index (χ0) is 15.5. The first-order valence-electron chi connectivity index (χ1n) is 6.45. The minimum Gasteiger partial charge on any atom is -0.435 e. The normalized spacial score (nSPS) is 11.6. The Labute approximate surface area is 130 Å². The molecular weight excluding hydrogens is 304 g/mol. The maximum absolute atomic E-state index is 12.3. The van der Waals surface area contributed by atoms with Crippen molar-refractivity contribution >= 4 is 34.2 Å². The van der Waals surface area contributed by atoms with Crippen molar-refractivity contribution in [3.05, 3.63) is 70.7 Å². The molecule has 0 radical (unpaired) electrons. The summed E-state index contributed by atoms with van der Waals surface area (Å²) in [7, 11) is 0. The molecule has 0 unspecified atom stereocenters. The van der Waals surface area contributed by atoms with Gasteiger partial charge in [-0.05, 0) is 41.6 Å². The minimum atomic E-state index is -0.440. The summed E-state index contributed by atoms with van der Waals surface area (Å²) >= 11 is 5.80. The van der Waals surface area contributed by atoms with Gasteiger partial charge in [-0.3, -0.25) is 4.79 Å². The number of anilines is 1. The fraction of sp³-hybridized carbons (Fsp3) is 0. The van der Waals surface area contributed by atoms with Gasteiger partial charge in [0.25, 0.3) is 11.5 Å². The summed E-state index contributed by atoms with van der Waals surface area (Å²) in [5, 5.41) is 16.1. The van der Waals surface area contributed by atoms with E-state index in [-0.39, 0.29) is 11.1 Å². The monoisotopic (exact) mass is 314 g/mol. The fourth-order valence-electron chi connectivity index (χ4n) is 2.04. The third kappa shape index (κ3) is 2.80. The van der Waals surface area contributed by atoms with E-state index in [2.05, 4.69) is 10.5 Å². The van der Waals surface area contributed by atoms with Crippen molar-refractivity contribution < 1.29 is 14.4 Å². The van der Waals surface area contributed by atoms with Crippen LogP contribution in [0, 0.1) is 0 Å². The van der Waals surface area contributed by atoms with Gasteiger partial charge in [0.1, 0.15) is 11.1 Å². The average Bonchev–Trinajstić information content (AvgIpc) is 2.55. The van der Waals surface area contributed by atoms with Crippen molar-refractivity contribution in [2.24, 2.45) is 5.16 Å². The quantitative estimate of drug-likeness (QED) is 0.560. The Morgan fingerprint density at radius 1 is 1.14 bits per heavy atom. The highest BCUT2D eigenvalue weighted by atomic mass is 35.5. The van der Waals surface area contributed by atoms with Crippen molar-refractivity contribution in [2.75, 3.05) is 5.32 Å². The Morgan fingerprint density at radius 3 is 2.59 bits per heavy atom. The van der Waals surface area contributed by atoms with E-state index in [1.807, 2.05) is 6.07 Å². The lowest BCUT2D eigenvalue weighted by molar-refractivity contribution is 0.102. The molecule has 0 saturated carbocycles. The number of fused-ring (bicyclic) bond motifs is 1. The minimum absolute atomic E-state index is 0.135. The lowest BCUT2D eigenvalue weighted by atomic mass is 10.1. The van der Waals surface area contributed by atoms with Gasteiger partial charge in [-0.2, -0.15) is 0 Å². The van der Waals surface area contributed by atoms with Crippen LogP contribution in [0.4, 0.5) is 5.69 Å². The Morgan fingerprint density at radius 2 is 1.86 bits per heavy atom. The number of hydrogen-bond donors (Lipinski definition) is 2. The van der Waals surface area contributed by atoms with Gasteiger partial charge in [0.2, 0.25) is 0 Å². The van der Waals surface area contributed by atoms with E-state index in [0.29, 0.717) is 16.3 Å². The standard InChI is InChI=1S/C16H11ClN2O3/c17-11-5-7-12(8-6-11)18-15(20)13-9-10-3-1-2-4-14(10)22-16(13)19-21/h1-9,21H,(H,18,20)/b19-16+. The van der Waals surface area contributed by atoms with E-state index in [1.165, 1.54) is 0 Å². The van der Waals surface area contributed by atoms with Crippen LogP contribution in [0.2, 0.25) is 5.02 Å². The topological polar surface area (TPSA) is 74.8 Å². The molecule has 2 N–H and O–H groups in total. The summed E-state index contributed by atoms with van der Waals surface area (Å²) in [4.78, 5) is 12.3. The fourth-order valence-corrected chi connectivity index (χ4v) is 2.16. The van der Waals surface area contributed by atoms with E-state index in [4.69, 9.17) is 21.2 Å². The zero-order valence-corrected chi connectivity index (χ0v) is 12.0. The van der Waals surface area contributed by atoms with E-state index in [9.17, 15) is 4.79 Å². The lowest BCUT2D eigenvalue weighted by Gasteiger charge is -2.06. The van der Waals surface area contributed by atoms with Crippen LogP contribution in [0.1, 0.15) is 10.4 Å². The van der Waals surface area contributed by atoms with Gasteiger partial charge < -0.3 is 14.9 Å². The van der Waals surface area contributed by atoms with Gasteiger partial charge in [-0.1, -0.05) is 29.8 Å². The van der Waals surface area contributed by atoms with E-state index < -0.39 is 5.91 Å². The molecule has 3 rings (SSSR count). The Bertz CT molecular complexity index is 901. The van der Waals surface area contributed by atoms with Crippen LogP contribution in [0.5, 0.6) is 0 Å². The highest BCUT2D eigenvalue weighted by Crippen LogP contribution is 2.16. The van der Waals surface area contributed by atoms with E-state index in [1.54, 1.807) is 48.5 Å². The molecule has 0 aliphatic carbocycles. The van der Waals surface area contributed by atoms with E-state index in [0.717, 1.165) is 5.39 Å². The largest absolute Gasteiger partial charge is 0.435 e. The highest BCUT2D eigenvalue weighted by molar-refractivity contribution is 6.30. The third-order valence-electron chi connectivity index (χ3n) is 3.09. The van der Waals surface area contributed by atoms with Crippen molar-refractivity contribution in [3.63, 3.8) is 0 Å². The molecule has 110 valence electrons. The number of carbonyl (C=O) groups excluding carboxylic acids is 1. The Balaban J connectivity index is 2.01. The number of nitrogens with zero attached hydrogens (tertiary/aromatic N) is 1. The number of halogens is 1. The van der Waals surface area contributed by atoms with E-state index >= 15 is 0 Å². The van der Waals surface area contributed by atoms with Crippen LogP contribution in [-0.2, 0) is 0 Å². The molecule has 0 fully saturated rings. The van der Waals surface area contributed by atoms with Gasteiger partial charge in [-0.25, -0.2) is 0 Å². The Kier molecular flexibility index (Phi) is 3.80. The molecule has 1 heterocycles. The molecule has 5 nitrogen and oxygen atoms in total. The first-order valence-corrected chi connectivity index (χ1v) is 6.83.